The first-order chi connectivity index (χ1) is 10.9. The van der Waals surface area contributed by atoms with Crippen LogP contribution in [0.25, 0.3) is 10.9 Å². The largest absolute Gasteiger partial charge is 0.454 e. The Kier molecular flexibility index (Phi) is 2.90. The summed E-state index contributed by atoms with van der Waals surface area (Å²) < 4.78 is 11.0. The number of nitrogens with zero attached hydrogens (tertiary/aromatic N) is 2. The molecule has 0 amide bonds. The standard InChI is InChI=1S/C18H12N2O2/c19-9-13-10-20-16-6-2-1-5-14(16)15(13)8-12-4-3-7-17-18(12)22-11-21-17/h1-7,10H,8,11H2. The van der Waals surface area contributed by atoms with Crippen molar-refractivity contribution < 1.29 is 9.47 Å². The Balaban J connectivity index is 1.89. The molecule has 0 atom stereocenters. The molecule has 0 N–H and O–H groups in total. The third-order valence-corrected chi connectivity index (χ3v) is 3.85. The Labute approximate surface area is 127 Å². The number of ether oxygens (including phenoxy) is 2. The zero-order valence-electron chi connectivity index (χ0n) is 11.7. The van der Waals surface area contributed by atoms with Crippen molar-refractivity contribution in [2.24, 2.45) is 0 Å². The number of hydrogen-bond acceptors (Lipinski definition) is 4. The summed E-state index contributed by atoms with van der Waals surface area (Å²) in [7, 11) is 0. The highest BCUT2D eigenvalue weighted by Crippen LogP contribution is 2.37. The van der Waals surface area contributed by atoms with Crippen LogP contribution in [-0.2, 0) is 6.42 Å². The number of aromatic nitrogens is 1. The van der Waals surface area contributed by atoms with Gasteiger partial charge in [-0.1, -0.05) is 30.3 Å². The van der Waals surface area contributed by atoms with Crippen LogP contribution in [0, 0.1) is 11.3 Å². The van der Waals surface area contributed by atoms with Crippen LogP contribution < -0.4 is 9.47 Å². The summed E-state index contributed by atoms with van der Waals surface area (Å²) in [6, 6.07) is 15.9. The van der Waals surface area contributed by atoms with Crippen LogP contribution in [0.4, 0.5) is 0 Å². The number of rotatable bonds is 2. The Morgan fingerprint density at radius 1 is 1.09 bits per heavy atom. The first-order valence-electron chi connectivity index (χ1n) is 7.01. The lowest BCUT2D eigenvalue weighted by Gasteiger charge is -2.10. The van der Waals surface area contributed by atoms with E-state index in [2.05, 4.69) is 11.1 Å². The number of para-hydroxylation sites is 2. The number of pyridine rings is 1. The molecule has 0 aliphatic carbocycles. The SMILES string of the molecule is N#Cc1cnc2ccccc2c1Cc1cccc2c1OCO2. The summed E-state index contributed by atoms with van der Waals surface area (Å²) >= 11 is 0. The van der Waals surface area contributed by atoms with Gasteiger partial charge in [-0.3, -0.25) is 4.98 Å². The fourth-order valence-corrected chi connectivity index (χ4v) is 2.81. The van der Waals surface area contributed by atoms with Crippen molar-refractivity contribution in [1.82, 2.24) is 4.98 Å². The molecule has 1 aliphatic rings. The van der Waals surface area contributed by atoms with E-state index < -0.39 is 0 Å². The zero-order chi connectivity index (χ0) is 14.9. The molecular weight excluding hydrogens is 276 g/mol. The van der Waals surface area contributed by atoms with Gasteiger partial charge in [0.05, 0.1) is 11.1 Å². The minimum Gasteiger partial charge on any atom is -0.454 e. The van der Waals surface area contributed by atoms with Gasteiger partial charge in [-0.05, 0) is 17.7 Å². The summed E-state index contributed by atoms with van der Waals surface area (Å²) in [6.07, 6.45) is 2.25. The predicted molar refractivity (Wildman–Crippen MR) is 81.8 cm³/mol. The van der Waals surface area contributed by atoms with Crippen LogP contribution in [0.1, 0.15) is 16.7 Å². The molecule has 22 heavy (non-hydrogen) atoms. The molecule has 0 bridgehead atoms. The van der Waals surface area contributed by atoms with Gasteiger partial charge in [0.25, 0.3) is 0 Å². The van der Waals surface area contributed by atoms with E-state index in [0.29, 0.717) is 12.0 Å². The van der Waals surface area contributed by atoms with Gasteiger partial charge >= 0.3 is 0 Å². The molecule has 4 nitrogen and oxygen atoms in total. The van der Waals surface area contributed by atoms with Gasteiger partial charge in [0.15, 0.2) is 11.5 Å². The second-order valence-electron chi connectivity index (χ2n) is 5.11. The Bertz CT molecular complexity index is 913. The molecule has 0 saturated heterocycles. The minimum atomic E-state index is 0.245. The lowest BCUT2D eigenvalue weighted by molar-refractivity contribution is 0.173. The maximum Gasteiger partial charge on any atom is 0.231 e. The molecule has 106 valence electrons. The second-order valence-corrected chi connectivity index (χ2v) is 5.11. The first-order valence-corrected chi connectivity index (χ1v) is 7.01. The molecule has 1 aliphatic heterocycles. The Morgan fingerprint density at radius 3 is 2.91 bits per heavy atom. The van der Waals surface area contributed by atoms with Crippen molar-refractivity contribution in [1.29, 1.82) is 5.26 Å². The van der Waals surface area contributed by atoms with E-state index in [0.717, 1.165) is 33.5 Å². The van der Waals surface area contributed by atoms with Gasteiger partial charge < -0.3 is 9.47 Å². The monoisotopic (exact) mass is 288 g/mol. The van der Waals surface area contributed by atoms with Crippen LogP contribution >= 0.6 is 0 Å². The quantitative estimate of drug-likeness (QED) is 0.725. The smallest absolute Gasteiger partial charge is 0.231 e. The van der Waals surface area contributed by atoms with Gasteiger partial charge in [0, 0.05) is 23.6 Å². The van der Waals surface area contributed by atoms with Crippen LogP contribution in [0.2, 0.25) is 0 Å². The predicted octanol–water partition coefficient (Wildman–Crippen LogP) is 3.43. The Hall–Kier alpha value is -3.06. The maximum atomic E-state index is 9.40. The summed E-state index contributed by atoms with van der Waals surface area (Å²) in [6.45, 7) is 0.245. The third-order valence-electron chi connectivity index (χ3n) is 3.85. The average molecular weight is 288 g/mol. The van der Waals surface area contributed by atoms with Gasteiger partial charge in [-0.15, -0.1) is 0 Å². The molecule has 1 aromatic heterocycles. The van der Waals surface area contributed by atoms with Crippen LogP contribution in [0.5, 0.6) is 11.5 Å². The van der Waals surface area contributed by atoms with Gasteiger partial charge in [0.2, 0.25) is 6.79 Å². The topological polar surface area (TPSA) is 55.1 Å². The van der Waals surface area contributed by atoms with E-state index in [-0.39, 0.29) is 6.79 Å². The molecule has 0 unspecified atom stereocenters. The van der Waals surface area contributed by atoms with Crippen LogP contribution in [0.3, 0.4) is 0 Å². The lowest BCUT2D eigenvalue weighted by atomic mass is 9.96. The van der Waals surface area contributed by atoms with Crippen LogP contribution in [-0.4, -0.2) is 11.8 Å². The van der Waals surface area contributed by atoms with E-state index in [9.17, 15) is 5.26 Å². The molecule has 0 fully saturated rings. The number of fused-ring (bicyclic) bond motifs is 2. The molecule has 3 aromatic rings. The fourth-order valence-electron chi connectivity index (χ4n) is 2.81. The van der Waals surface area contributed by atoms with E-state index in [1.807, 2.05) is 42.5 Å². The molecular formula is C18H12N2O2. The summed E-state index contributed by atoms with van der Waals surface area (Å²) in [5.41, 5.74) is 3.47. The van der Waals surface area contributed by atoms with Crippen molar-refractivity contribution in [3.8, 4) is 17.6 Å². The van der Waals surface area contributed by atoms with E-state index in [1.165, 1.54) is 0 Å². The van der Waals surface area contributed by atoms with Gasteiger partial charge in [0.1, 0.15) is 6.07 Å². The molecule has 0 saturated carbocycles. The van der Waals surface area contributed by atoms with Crippen LogP contribution in [0.15, 0.2) is 48.7 Å². The van der Waals surface area contributed by atoms with Crippen molar-refractivity contribution >= 4 is 10.9 Å². The highest BCUT2D eigenvalue weighted by Gasteiger charge is 2.19. The third kappa shape index (κ3) is 1.95. The highest BCUT2D eigenvalue weighted by atomic mass is 16.7. The minimum absolute atomic E-state index is 0.245. The first kappa shape index (κ1) is 12.7. The normalized spacial score (nSPS) is 12.3. The van der Waals surface area contributed by atoms with Gasteiger partial charge in [-0.2, -0.15) is 5.26 Å². The van der Waals surface area contributed by atoms with Gasteiger partial charge in [-0.25, -0.2) is 0 Å². The fraction of sp³-hybridized carbons (Fsp3) is 0.111. The average Bonchev–Trinajstić information content (AvgIpc) is 3.05. The summed E-state index contributed by atoms with van der Waals surface area (Å²) in [5, 5.41) is 10.4. The van der Waals surface area contributed by atoms with E-state index in [1.54, 1.807) is 6.20 Å². The highest BCUT2D eigenvalue weighted by molar-refractivity contribution is 5.84. The number of hydrogen-bond donors (Lipinski definition) is 0. The number of nitriles is 1. The van der Waals surface area contributed by atoms with Crippen molar-refractivity contribution in [3.05, 3.63) is 65.4 Å². The van der Waals surface area contributed by atoms with E-state index in [4.69, 9.17) is 9.47 Å². The maximum absolute atomic E-state index is 9.40. The number of benzene rings is 2. The lowest BCUT2D eigenvalue weighted by Crippen LogP contribution is -1.98. The summed E-state index contributed by atoms with van der Waals surface area (Å²) in [4.78, 5) is 4.35. The molecule has 4 rings (SSSR count). The molecule has 0 spiro atoms. The Morgan fingerprint density at radius 2 is 2.00 bits per heavy atom. The zero-order valence-corrected chi connectivity index (χ0v) is 11.7. The van der Waals surface area contributed by atoms with E-state index >= 15 is 0 Å². The van der Waals surface area contributed by atoms with Crippen molar-refractivity contribution in [2.45, 2.75) is 6.42 Å². The molecule has 0 radical (unpaired) electrons. The summed E-state index contributed by atoms with van der Waals surface area (Å²) in [5.74, 6) is 1.53. The second kappa shape index (κ2) is 5.05. The molecule has 2 aromatic carbocycles. The molecule has 4 heteroatoms. The van der Waals surface area contributed by atoms with Crippen molar-refractivity contribution in [2.75, 3.05) is 6.79 Å². The van der Waals surface area contributed by atoms with Crippen molar-refractivity contribution in [3.63, 3.8) is 0 Å². The molecule has 2 heterocycles.